The van der Waals surface area contributed by atoms with Crippen molar-refractivity contribution in [2.24, 2.45) is 0 Å². The fraction of sp³-hybridized carbons (Fsp3) is 0.769. The zero-order valence-corrected chi connectivity index (χ0v) is 10.7. The van der Waals surface area contributed by atoms with Gasteiger partial charge in [0.05, 0.1) is 0 Å². The summed E-state index contributed by atoms with van der Waals surface area (Å²) in [6.45, 7) is 7.09. The molecule has 1 amide bonds. The molecule has 0 aromatic heterocycles. The standard InChI is InChI=1S/C13H20N2O2/c1-5-13-7-6-10(8-14-9-13)15(13)11(16)17-12(2,3)4/h1,10,14H,6-9H2,2-4H3. The van der Waals surface area contributed by atoms with Crippen molar-refractivity contribution >= 4 is 6.09 Å². The first-order valence-electron chi connectivity index (χ1n) is 6.09. The molecule has 94 valence electrons. The maximum absolute atomic E-state index is 12.2. The van der Waals surface area contributed by atoms with E-state index >= 15 is 0 Å². The van der Waals surface area contributed by atoms with Crippen LogP contribution in [0.5, 0.6) is 0 Å². The molecule has 0 spiro atoms. The Morgan fingerprint density at radius 2 is 2.29 bits per heavy atom. The van der Waals surface area contributed by atoms with Crippen LogP contribution in [0.2, 0.25) is 0 Å². The Kier molecular flexibility index (Phi) is 2.82. The van der Waals surface area contributed by atoms with Gasteiger partial charge in [0.25, 0.3) is 0 Å². The third kappa shape index (κ3) is 2.12. The van der Waals surface area contributed by atoms with Crippen molar-refractivity contribution in [2.75, 3.05) is 13.1 Å². The second kappa shape index (κ2) is 3.92. The Hall–Kier alpha value is -1.21. The molecule has 0 aromatic carbocycles. The van der Waals surface area contributed by atoms with E-state index in [0.717, 1.165) is 19.4 Å². The van der Waals surface area contributed by atoms with Gasteiger partial charge in [-0.15, -0.1) is 6.42 Å². The molecule has 2 bridgehead atoms. The van der Waals surface area contributed by atoms with E-state index in [0.29, 0.717) is 6.54 Å². The maximum Gasteiger partial charge on any atom is 0.411 e. The van der Waals surface area contributed by atoms with Gasteiger partial charge in [-0.05, 0) is 33.6 Å². The van der Waals surface area contributed by atoms with Crippen molar-refractivity contribution in [3.63, 3.8) is 0 Å². The molecule has 2 heterocycles. The maximum atomic E-state index is 12.2. The van der Waals surface area contributed by atoms with Gasteiger partial charge in [0.15, 0.2) is 0 Å². The van der Waals surface area contributed by atoms with Crippen LogP contribution in [-0.2, 0) is 4.74 Å². The molecule has 2 rings (SSSR count). The summed E-state index contributed by atoms with van der Waals surface area (Å²) < 4.78 is 5.45. The van der Waals surface area contributed by atoms with E-state index in [1.165, 1.54) is 0 Å². The van der Waals surface area contributed by atoms with Gasteiger partial charge in [-0.1, -0.05) is 5.92 Å². The molecule has 4 heteroatoms. The van der Waals surface area contributed by atoms with Crippen LogP contribution in [0, 0.1) is 12.3 Å². The predicted octanol–water partition coefficient (Wildman–Crippen LogP) is 1.36. The van der Waals surface area contributed by atoms with Gasteiger partial charge in [0.1, 0.15) is 11.1 Å². The van der Waals surface area contributed by atoms with Crippen molar-refractivity contribution in [3.8, 4) is 12.3 Å². The number of carbonyl (C=O) groups is 1. The highest BCUT2D eigenvalue weighted by molar-refractivity contribution is 5.71. The van der Waals surface area contributed by atoms with Gasteiger partial charge in [-0.3, -0.25) is 4.90 Å². The Bertz CT molecular complexity index is 363. The van der Waals surface area contributed by atoms with Gasteiger partial charge >= 0.3 is 6.09 Å². The number of carbonyl (C=O) groups excluding carboxylic acids is 1. The average molecular weight is 236 g/mol. The van der Waals surface area contributed by atoms with Crippen LogP contribution >= 0.6 is 0 Å². The minimum Gasteiger partial charge on any atom is -0.444 e. The minimum absolute atomic E-state index is 0.176. The lowest BCUT2D eigenvalue weighted by atomic mass is 9.97. The molecule has 0 aliphatic carbocycles. The summed E-state index contributed by atoms with van der Waals surface area (Å²) in [5.41, 5.74) is -0.956. The van der Waals surface area contributed by atoms with E-state index < -0.39 is 11.1 Å². The Labute approximate surface area is 103 Å². The van der Waals surface area contributed by atoms with Crippen LogP contribution in [0.3, 0.4) is 0 Å². The largest absolute Gasteiger partial charge is 0.444 e. The molecule has 17 heavy (non-hydrogen) atoms. The Balaban J connectivity index is 2.20. The average Bonchev–Trinajstić information content (AvgIpc) is 2.44. The summed E-state index contributed by atoms with van der Waals surface area (Å²) in [5, 5.41) is 3.29. The van der Waals surface area contributed by atoms with Crippen molar-refractivity contribution < 1.29 is 9.53 Å². The van der Waals surface area contributed by atoms with Gasteiger partial charge in [0, 0.05) is 19.1 Å². The van der Waals surface area contributed by atoms with Crippen LogP contribution in [-0.4, -0.2) is 41.3 Å². The van der Waals surface area contributed by atoms with Gasteiger partial charge in [-0.2, -0.15) is 0 Å². The summed E-state index contributed by atoms with van der Waals surface area (Å²) in [4.78, 5) is 14.0. The molecular formula is C13H20N2O2. The van der Waals surface area contributed by atoms with Crippen LogP contribution in [0.15, 0.2) is 0 Å². The summed E-state index contributed by atoms with van der Waals surface area (Å²) >= 11 is 0. The monoisotopic (exact) mass is 236 g/mol. The first-order chi connectivity index (χ1) is 7.88. The molecule has 2 aliphatic rings. The van der Waals surface area contributed by atoms with Crippen LogP contribution in [0.25, 0.3) is 0 Å². The van der Waals surface area contributed by atoms with E-state index in [1.807, 2.05) is 20.8 Å². The number of nitrogens with zero attached hydrogens (tertiary/aromatic N) is 1. The highest BCUT2D eigenvalue weighted by Crippen LogP contribution is 2.36. The van der Waals surface area contributed by atoms with Crippen molar-refractivity contribution in [3.05, 3.63) is 0 Å². The van der Waals surface area contributed by atoms with E-state index in [9.17, 15) is 4.79 Å². The molecular weight excluding hydrogens is 216 g/mol. The fourth-order valence-electron chi connectivity index (χ4n) is 2.64. The first-order valence-corrected chi connectivity index (χ1v) is 6.09. The highest BCUT2D eigenvalue weighted by atomic mass is 16.6. The number of hydrogen-bond donors (Lipinski definition) is 1. The lowest BCUT2D eigenvalue weighted by molar-refractivity contribution is 0.000926. The number of nitrogens with one attached hydrogen (secondary N) is 1. The summed E-state index contributed by atoms with van der Waals surface area (Å²) in [5.74, 6) is 2.79. The van der Waals surface area contributed by atoms with Gasteiger partial charge in [0.2, 0.25) is 0 Å². The highest BCUT2D eigenvalue weighted by Gasteiger charge is 2.51. The zero-order valence-electron chi connectivity index (χ0n) is 10.7. The second-order valence-corrected chi connectivity index (χ2v) is 5.85. The fourth-order valence-corrected chi connectivity index (χ4v) is 2.64. The predicted molar refractivity (Wildman–Crippen MR) is 65.5 cm³/mol. The summed E-state index contributed by atoms with van der Waals surface area (Å²) in [7, 11) is 0. The molecule has 0 aromatic rings. The van der Waals surface area contributed by atoms with E-state index in [-0.39, 0.29) is 12.1 Å². The van der Waals surface area contributed by atoms with E-state index in [4.69, 9.17) is 11.2 Å². The molecule has 2 fully saturated rings. The van der Waals surface area contributed by atoms with Crippen LogP contribution in [0.4, 0.5) is 4.79 Å². The topological polar surface area (TPSA) is 41.6 Å². The number of fused-ring (bicyclic) bond motifs is 2. The number of hydrogen-bond acceptors (Lipinski definition) is 3. The molecule has 4 nitrogen and oxygen atoms in total. The van der Waals surface area contributed by atoms with E-state index in [1.54, 1.807) is 4.90 Å². The minimum atomic E-state index is -0.481. The number of piperazine rings is 1. The molecule has 0 radical (unpaired) electrons. The first kappa shape index (κ1) is 12.3. The lowest BCUT2D eigenvalue weighted by Gasteiger charge is -2.42. The number of rotatable bonds is 0. The van der Waals surface area contributed by atoms with Gasteiger partial charge < -0.3 is 10.1 Å². The Morgan fingerprint density at radius 1 is 1.59 bits per heavy atom. The Morgan fingerprint density at radius 3 is 2.88 bits per heavy atom. The quantitative estimate of drug-likeness (QED) is 0.646. The van der Waals surface area contributed by atoms with E-state index in [2.05, 4.69) is 11.2 Å². The molecule has 2 unspecified atom stereocenters. The molecule has 2 saturated heterocycles. The lowest BCUT2D eigenvalue weighted by Crippen LogP contribution is -2.62. The summed E-state index contributed by atoms with van der Waals surface area (Å²) in [6.07, 6.45) is 7.17. The summed E-state index contributed by atoms with van der Waals surface area (Å²) in [6, 6.07) is 0.176. The normalized spacial score (nSPS) is 32.1. The number of amides is 1. The molecule has 1 N–H and O–H groups in total. The smallest absolute Gasteiger partial charge is 0.411 e. The third-order valence-corrected chi connectivity index (χ3v) is 3.37. The molecule has 2 atom stereocenters. The number of ether oxygens (including phenoxy) is 1. The van der Waals surface area contributed by atoms with Crippen LogP contribution < -0.4 is 5.32 Å². The third-order valence-electron chi connectivity index (χ3n) is 3.37. The SMILES string of the molecule is C#CC12CCC(CNC1)N2C(=O)OC(C)(C)C. The zero-order chi connectivity index (χ0) is 12.7. The van der Waals surface area contributed by atoms with Gasteiger partial charge in [-0.25, -0.2) is 4.79 Å². The molecule has 2 aliphatic heterocycles. The second-order valence-electron chi connectivity index (χ2n) is 5.85. The molecule has 0 saturated carbocycles. The number of terminal acetylenes is 1. The van der Waals surface area contributed by atoms with Crippen molar-refractivity contribution in [1.82, 2.24) is 10.2 Å². The van der Waals surface area contributed by atoms with Crippen molar-refractivity contribution in [1.29, 1.82) is 0 Å². The van der Waals surface area contributed by atoms with Crippen molar-refractivity contribution in [2.45, 2.75) is 50.8 Å². The van der Waals surface area contributed by atoms with Crippen LogP contribution in [0.1, 0.15) is 33.6 Å².